The molecule has 142 valence electrons. The van der Waals surface area contributed by atoms with Crippen LogP contribution in [0.25, 0.3) is 0 Å². The number of benzene rings is 2. The van der Waals surface area contributed by atoms with Gasteiger partial charge in [-0.05, 0) is 43.3 Å². The molecule has 1 aliphatic heterocycles. The first-order chi connectivity index (χ1) is 13.2. The summed E-state index contributed by atoms with van der Waals surface area (Å²) < 4.78 is 21.7. The topological polar surface area (TPSA) is 83.1 Å². The Morgan fingerprint density at radius 3 is 2.59 bits per heavy atom. The maximum atomic E-state index is 12.0. The monoisotopic (exact) mass is 371 g/mol. The van der Waals surface area contributed by atoms with Gasteiger partial charge in [0.1, 0.15) is 18.5 Å². The van der Waals surface area contributed by atoms with Crippen molar-refractivity contribution in [2.45, 2.75) is 13.0 Å². The standard InChI is InChI=1S/C20H21NO6/c1-2-24-15-9-7-14(8-10-15)20(23)26-13-19(22)21-11-16-12-25-17-5-3-4-6-18(17)27-16/h3-10,16H,2,11-13H2,1H3,(H,21,22)/t16-/m0/s1. The molecule has 1 amide bonds. The minimum Gasteiger partial charge on any atom is -0.494 e. The number of esters is 1. The highest BCUT2D eigenvalue weighted by Crippen LogP contribution is 2.30. The van der Waals surface area contributed by atoms with E-state index in [0.717, 1.165) is 0 Å². The van der Waals surface area contributed by atoms with Gasteiger partial charge in [0.2, 0.25) is 0 Å². The molecule has 0 aliphatic carbocycles. The van der Waals surface area contributed by atoms with Crippen molar-refractivity contribution in [3.8, 4) is 17.2 Å². The number of para-hydroxylation sites is 2. The summed E-state index contributed by atoms with van der Waals surface area (Å²) in [4.78, 5) is 23.9. The van der Waals surface area contributed by atoms with Crippen LogP contribution in [0.2, 0.25) is 0 Å². The molecule has 27 heavy (non-hydrogen) atoms. The van der Waals surface area contributed by atoms with Crippen LogP contribution in [0.5, 0.6) is 17.2 Å². The second kappa shape index (κ2) is 8.93. The van der Waals surface area contributed by atoms with Gasteiger partial charge >= 0.3 is 5.97 Å². The van der Waals surface area contributed by atoms with E-state index in [1.165, 1.54) is 0 Å². The molecule has 1 heterocycles. The molecule has 1 atom stereocenters. The highest BCUT2D eigenvalue weighted by Gasteiger charge is 2.21. The third kappa shape index (κ3) is 5.13. The van der Waals surface area contributed by atoms with Gasteiger partial charge in [0.25, 0.3) is 5.91 Å². The van der Waals surface area contributed by atoms with Crippen molar-refractivity contribution in [2.24, 2.45) is 0 Å². The van der Waals surface area contributed by atoms with Crippen LogP contribution in [0.3, 0.4) is 0 Å². The van der Waals surface area contributed by atoms with E-state index in [9.17, 15) is 9.59 Å². The number of carbonyl (C=O) groups excluding carboxylic acids is 2. The number of hydrogen-bond donors (Lipinski definition) is 1. The Labute approximate surface area is 157 Å². The van der Waals surface area contributed by atoms with Gasteiger partial charge in [0, 0.05) is 0 Å². The van der Waals surface area contributed by atoms with Gasteiger partial charge in [-0.25, -0.2) is 4.79 Å². The number of hydrogen-bond acceptors (Lipinski definition) is 6. The van der Waals surface area contributed by atoms with Gasteiger partial charge in [-0.15, -0.1) is 0 Å². The fourth-order valence-electron chi connectivity index (χ4n) is 2.51. The van der Waals surface area contributed by atoms with Gasteiger partial charge < -0.3 is 24.3 Å². The van der Waals surface area contributed by atoms with Gasteiger partial charge in [-0.3, -0.25) is 4.79 Å². The minimum atomic E-state index is -0.570. The predicted molar refractivity (Wildman–Crippen MR) is 97.3 cm³/mol. The first-order valence-corrected chi connectivity index (χ1v) is 8.71. The smallest absolute Gasteiger partial charge is 0.338 e. The summed E-state index contributed by atoms with van der Waals surface area (Å²) in [7, 11) is 0. The van der Waals surface area contributed by atoms with E-state index in [2.05, 4.69) is 5.32 Å². The largest absolute Gasteiger partial charge is 0.494 e. The second-order valence-electron chi connectivity index (χ2n) is 5.84. The minimum absolute atomic E-state index is 0.258. The molecule has 7 nitrogen and oxygen atoms in total. The average Bonchev–Trinajstić information content (AvgIpc) is 2.71. The maximum Gasteiger partial charge on any atom is 0.338 e. The van der Waals surface area contributed by atoms with Gasteiger partial charge in [-0.1, -0.05) is 12.1 Å². The highest BCUT2D eigenvalue weighted by atomic mass is 16.6. The molecule has 2 aromatic carbocycles. The van der Waals surface area contributed by atoms with Crippen LogP contribution in [-0.2, 0) is 9.53 Å². The van der Waals surface area contributed by atoms with Crippen LogP contribution in [0.1, 0.15) is 17.3 Å². The summed E-state index contributed by atoms with van der Waals surface area (Å²) in [6.45, 7) is 2.66. The Morgan fingerprint density at radius 2 is 1.85 bits per heavy atom. The second-order valence-corrected chi connectivity index (χ2v) is 5.84. The Morgan fingerprint density at radius 1 is 1.11 bits per heavy atom. The van der Waals surface area contributed by atoms with E-state index in [1.807, 2.05) is 31.2 Å². The Balaban J connectivity index is 1.40. The third-order valence-corrected chi connectivity index (χ3v) is 3.83. The molecular formula is C20H21NO6. The van der Waals surface area contributed by atoms with Crippen molar-refractivity contribution >= 4 is 11.9 Å². The van der Waals surface area contributed by atoms with Crippen LogP contribution in [0.15, 0.2) is 48.5 Å². The van der Waals surface area contributed by atoms with E-state index < -0.39 is 11.9 Å². The first kappa shape index (κ1) is 18.6. The van der Waals surface area contributed by atoms with Crippen molar-refractivity contribution in [1.82, 2.24) is 5.32 Å². The van der Waals surface area contributed by atoms with Crippen molar-refractivity contribution in [3.05, 3.63) is 54.1 Å². The summed E-state index contributed by atoms with van der Waals surface area (Å²) in [6, 6.07) is 13.9. The fourth-order valence-corrected chi connectivity index (χ4v) is 2.51. The van der Waals surface area contributed by atoms with E-state index >= 15 is 0 Å². The summed E-state index contributed by atoms with van der Waals surface area (Å²) >= 11 is 0. The van der Waals surface area contributed by atoms with E-state index in [1.54, 1.807) is 24.3 Å². The predicted octanol–water partition coefficient (Wildman–Crippen LogP) is 2.20. The zero-order chi connectivity index (χ0) is 19.1. The molecule has 0 radical (unpaired) electrons. The van der Waals surface area contributed by atoms with Crippen molar-refractivity contribution in [3.63, 3.8) is 0 Å². The molecular weight excluding hydrogens is 350 g/mol. The zero-order valence-electron chi connectivity index (χ0n) is 15.0. The summed E-state index contributed by atoms with van der Waals surface area (Å²) in [5, 5.41) is 2.67. The van der Waals surface area contributed by atoms with E-state index in [4.69, 9.17) is 18.9 Å². The van der Waals surface area contributed by atoms with Crippen molar-refractivity contribution in [2.75, 3.05) is 26.4 Å². The SMILES string of the molecule is CCOc1ccc(C(=O)OCC(=O)NC[C@H]2COc3ccccc3O2)cc1. The molecule has 1 N–H and O–H groups in total. The Bertz CT molecular complexity index is 789. The van der Waals surface area contributed by atoms with Crippen LogP contribution >= 0.6 is 0 Å². The van der Waals surface area contributed by atoms with Crippen LogP contribution in [0.4, 0.5) is 0 Å². The molecule has 0 saturated heterocycles. The zero-order valence-corrected chi connectivity index (χ0v) is 15.0. The van der Waals surface area contributed by atoms with Crippen molar-refractivity contribution in [1.29, 1.82) is 0 Å². The Hall–Kier alpha value is -3.22. The number of amides is 1. The van der Waals surface area contributed by atoms with Crippen LogP contribution < -0.4 is 19.5 Å². The molecule has 7 heteroatoms. The fraction of sp³-hybridized carbons (Fsp3) is 0.300. The lowest BCUT2D eigenvalue weighted by Gasteiger charge is -2.26. The molecule has 3 rings (SSSR count). The lowest BCUT2D eigenvalue weighted by atomic mass is 10.2. The van der Waals surface area contributed by atoms with Gasteiger partial charge in [0.15, 0.2) is 18.1 Å². The summed E-state index contributed by atoms with van der Waals surface area (Å²) in [5.41, 5.74) is 0.354. The van der Waals surface area contributed by atoms with Gasteiger partial charge in [0.05, 0.1) is 18.7 Å². The number of rotatable bonds is 7. The van der Waals surface area contributed by atoms with Crippen LogP contribution in [0, 0.1) is 0 Å². The van der Waals surface area contributed by atoms with E-state index in [0.29, 0.717) is 36.0 Å². The molecule has 0 fully saturated rings. The van der Waals surface area contributed by atoms with Crippen LogP contribution in [-0.4, -0.2) is 44.3 Å². The number of carbonyl (C=O) groups is 2. The van der Waals surface area contributed by atoms with E-state index in [-0.39, 0.29) is 19.3 Å². The van der Waals surface area contributed by atoms with Gasteiger partial charge in [-0.2, -0.15) is 0 Å². The first-order valence-electron chi connectivity index (χ1n) is 8.71. The lowest BCUT2D eigenvalue weighted by molar-refractivity contribution is -0.124. The number of nitrogens with one attached hydrogen (secondary N) is 1. The summed E-state index contributed by atoms with van der Waals surface area (Å²) in [5.74, 6) is 1.02. The quantitative estimate of drug-likeness (QED) is 0.752. The molecule has 1 aliphatic rings. The molecule has 0 saturated carbocycles. The normalized spacial score (nSPS) is 14.9. The average molecular weight is 371 g/mol. The molecule has 0 bridgehead atoms. The summed E-state index contributed by atoms with van der Waals surface area (Å²) in [6.07, 6.45) is -0.300. The highest BCUT2D eigenvalue weighted by molar-refractivity contribution is 5.91. The lowest BCUT2D eigenvalue weighted by Crippen LogP contribution is -2.42. The maximum absolute atomic E-state index is 12.0. The molecule has 0 aromatic heterocycles. The van der Waals surface area contributed by atoms with Crippen molar-refractivity contribution < 1.29 is 28.5 Å². The third-order valence-electron chi connectivity index (χ3n) is 3.83. The molecule has 0 spiro atoms. The molecule has 2 aromatic rings. The number of ether oxygens (including phenoxy) is 4. The molecule has 0 unspecified atom stereocenters. The Kier molecular flexibility index (Phi) is 6.14. The number of fused-ring (bicyclic) bond motifs is 1.